The first-order chi connectivity index (χ1) is 7.54. The van der Waals surface area contributed by atoms with Crippen LogP contribution in [0.5, 0.6) is 11.5 Å². The van der Waals surface area contributed by atoms with E-state index in [1.165, 1.54) is 12.1 Å². The van der Waals surface area contributed by atoms with Crippen molar-refractivity contribution in [2.24, 2.45) is 0 Å². The minimum absolute atomic E-state index is 0.106. The van der Waals surface area contributed by atoms with Crippen molar-refractivity contribution < 1.29 is 14.9 Å². The van der Waals surface area contributed by atoms with Crippen LogP contribution in [0, 0.1) is 0 Å². The van der Waals surface area contributed by atoms with Gasteiger partial charge in [0, 0.05) is 6.54 Å². The lowest BCUT2D eigenvalue weighted by Gasteiger charge is -2.20. The molecule has 1 aromatic carbocycles. The third-order valence-electron chi connectivity index (χ3n) is 2.20. The zero-order chi connectivity index (χ0) is 12.1. The van der Waals surface area contributed by atoms with E-state index in [0.717, 1.165) is 5.56 Å². The van der Waals surface area contributed by atoms with Crippen molar-refractivity contribution in [3.05, 3.63) is 23.8 Å². The Bertz CT molecular complexity index is 339. The Hall–Kier alpha value is -1.26. The molecule has 3 N–H and O–H groups in total. The number of likely N-dealkylation sites (N-methyl/N-ethyl adjacent to an activating group) is 1. The van der Waals surface area contributed by atoms with E-state index in [0.29, 0.717) is 6.54 Å². The summed E-state index contributed by atoms with van der Waals surface area (Å²) in [7, 11) is 1.84. The van der Waals surface area contributed by atoms with E-state index in [2.05, 4.69) is 5.32 Å². The van der Waals surface area contributed by atoms with Crippen LogP contribution in [0.1, 0.15) is 25.5 Å². The normalized spacial score (nSPS) is 13.0. The highest BCUT2D eigenvalue weighted by Crippen LogP contribution is 2.29. The van der Waals surface area contributed by atoms with Crippen LogP contribution in [0.4, 0.5) is 0 Å². The van der Waals surface area contributed by atoms with Gasteiger partial charge in [-0.15, -0.1) is 0 Å². The van der Waals surface area contributed by atoms with Gasteiger partial charge in [-0.1, -0.05) is 6.07 Å². The summed E-state index contributed by atoms with van der Waals surface area (Å²) in [6.45, 7) is 4.58. The maximum absolute atomic E-state index is 9.43. The first-order valence-corrected chi connectivity index (χ1v) is 5.36. The molecule has 0 saturated heterocycles. The number of benzene rings is 1. The lowest BCUT2D eigenvalue weighted by molar-refractivity contribution is 0.00801. The van der Waals surface area contributed by atoms with E-state index < -0.39 is 0 Å². The van der Waals surface area contributed by atoms with Gasteiger partial charge in [-0.25, -0.2) is 0 Å². The van der Waals surface area contributed by atoms with Crippen molar-refractivity contribution in [3.8, 4) is 11.5 Å². The fourth-order valence-electron chi connectivity index (χ4n) is 1.50. The molecule has 0 aliphatic carbocycles. The zero-order valence-corrected chi connectivity index (χ0v) is 9.90. The van der Waals surface area contributed by atoms with Crippen LogP contribution >= 0.6 is 0 Å². The van der Waals surface area contributed by atoms with Gasteiger partial charge >= 0.3 is 0 Å². The number of hydrogen-bond acceptors (Lipinski definition) is 4. The summed E-state index contributed by atoms with van der Waals surface area (Å²) in [6, 6.07) is 4.75. The van der Waals surface area contributed by atoms with E-state index in [1.807, 2.05) is 20.9 Å². The minimum atomic E-state index is -0.128. The highest BCUT2D eigenvalue weighted by Gasteiger charge is 2.14. The Morgan fingerprint density at radius 1 is 1.25 bits per heavy atom. The molecule has 1 rings (SSSR count). The molecule has 1 atom stereocenters. The fraction of sp³-hybridized carbons (Fsp3) is 0.500. The van der Waals surface area contributed by atoms with Crippen LogP contribution < -0.4 is 5.32 Å². The highest BCUT2D eigenvalue weighted by molar-refractivity contribution is 5.41. The lowest BCUT2D eigenvalue weighted by Crippen LogP contribution is -2.22. The molecular weight excluding hydrogens is 206 g/mol. The number of rotatable bonds is 5. The molecular formula is C12H19NO3. The number of hydrogen-bond donors (Lipinski definition) is 3. The number of ether oxygens (including phenoxy) is 1. The second-order valence-electron chi connectivity index (χ2n) is 3.98. The SMILES string of the molecule is CNC[C@H](OC(C)C)c1ccc(O)c(O)c1. The smallest absolute Gasteiger partial charge is 0.157 e. The molecule has 0 fully saturated rings. The predicted octanol–water partition coefficient (Wildman–Crippen LogP) is 1.78. The highest BCUT2D eigenvalue weighted by atomic mass is 16.5. The van der Waals surface area contributed by atoms with Crippen molar-refractivity contribution >= 4 is 0 Å². The molecule has 0 aliphatic rings. The fourth-order valence-corrected chi connectivity index (χ4v) is 1.50. The number of phenolic OH excluding ortho intramolecular Hbond substituents is 2. The minimum Gasteiger partial charge on any atom is -0.504 e. The van der Waals surface area contributed by atoms with Gasteiger partial charge in [-0.05, 0) is 38.6 Å². The molecule has 1 aromatic rings. The Morgan fingerprint density at radius 2 is 1.94 bits per heavy atom. The Kier molecular flexibility index (Phi) is 4.58. The molecule has 90 valence electrons. The van der Waals surface area contributed by atoms with Crippen LogP contribution in [0.3, 0.4) is 0 Å². The Labute approximate surface area is 95.9 Å². The van der Waals surface area contributed by atoms with Crippen LogP contribution in [0.15, 0.2) is 18.2 Å². The summed E-state index contributed by atoms with van der Waals surface area (Å²) < 4.78 is 5.72. The Balaban J connectivity index is 2.87. The maximum atomic E-state index is 9.43. The van der Waals surface area contributed by atoms with Gasteiger partial charge in [0.15, 0.2) is 11.5 Å². The third kappa shape index (κ3) is 3.40. The molecule has 16 heavy (non-hydrogen) atoms. The molecule has 0 heterocycles. The largest absolute Gasteiger partial charge is 0.504 e. The molecule has 0 unspecified atom stereocenters. The average molecular weight is 225 g/mol. The molecule has 0 amide bonds. The van der Waals surface area contributed by atoms with Crippen LogP contribution in [-0.4, -0.2) is 29.9 Å². The van der Waals surface area contributed by atoms with Gasteiger partial charge in [0.1, 0.15) is 0 Å². The maximum Gasteiger partial charge on any atom is 0.157 e. The number of phenols is 2. The summed E-state index contributed by atoms with van der Waals surface area (Å²) in [6.07, 6.45) is -0.0224. The summed E-state index contributed by atoms with van der Waals surface area (Å²) >= 11 is 0. The summed E-state index contributed by atoms with van der Waals surface area (Å²) in [5.41, 5.74) is 0.846. The van der Waals surface area contributed by atoms with E-state index in [1.54, 1.807) is 6.07 Å². The van der Waals surface area contributed by atoms with E-state index in [-0.39, 0.29) is 23.7 Å². The number of nitrogens with one attached hydrogen (secondary N) is 1. The quantitative estimate of drug-likeness (QED) is 0.668. The monoisotopic (exact) mass is 225 g/mol. The molecule has 0 saturated carbocycles. The second kappa shape index (κ2) is 5.72. The molecule has 0 aliphatic heterocycles. The summed E-state index contributed by atoms with van der Waals surface area (Å²) in [5, 5.41) is 21.7. The van der Waals surface area contributed by atoms with Crippen LogP contribution in [0.2, 0.25) is 0 Å². The van der Waals surface area contributed by atoms with Crippen molar-refractivity contribution in [2.45, 2.75) is 26.1 Å². The van der Waals surface area contributed by atoms with Crippen LogP contribution in [-0.2, 0) is 4.74 Å². The van der Waals surface area contributed by atoms with Gasteiger partial charge < -0.3 is 20.3 Å². The topological polar surface area (TPSA) is 61.7 Å². The molecule has 4 heteroatoms. The van der Waals surface area contributed by atoms with Gasteiger partial charge in [0.05, 0.1) is 12.2 Å². The van der Waals surface area contributed by atoms with Gasteiger partial charge in [0.25, 0.3) is 0 Å². The Morgan fingerprint density at radius 3 is 2.44 bits per heavy atom. The van der Waals surface area contributed by atoms with Gasteiger partial charge in [-0.3, -0.25) is 0 Å². The summed E-state index contributed by atoms with van der Waals surface area (Å²) in [4.78, 5) is 0. The predicted molar refractivity (Wildman–Crippen MR) is 62.7 cm³/mol. The number of aromatic hydroxyl groups is 2. The van der Waals surface area contributed by atoms with E-state index >= 15 is 0 Å². The third-order valence-corrected chi connectivity index (χ3v) is 2.20. The summed E-state index contributed by atoms with van der Waals surface area (Å²) in [5.74, 6) is -0.234. The second-order valence-corrected chi connectivity index (χ2v) is 3.98. The molecule has 0 radical (unpaired) electrons. The van der Waals surface area contributed by atoms with Crippen LogP contribution in [0.25, 0.3) is 0 Å². The van der Waals surface area contributed by atoms with Crippen molar-refractivity contribution in [1.82, 2.24) is 5.32 Å². The van der Waals surface area contributed by atoms with E-state index in [4.69, 9.17) is 4.74 Å². The molecule has 4 nitrogen and oxygen atoms in total. The van der Waals surface area contributed by atoms with E-state index in [9.17, 15) is 10.2 Å². The van der Waals surface area contributed by atoms with Crippen molar-refractivity contribution in [1.29, 1.82) is 0 Å². The molecule has 0 aromatic heterocycles. The standard InChI is InChI=1S/C12H19NO3/c1-8(2)16-12(7-13-3)9-4-5-10(14)11(15)6-9/h4-6,8,12-15H,7H2,1-3H3/t12-/m0/s1. The van der Waals surface area contributed by atoms with Gasteiger partial charge in [0.2, 0.25) is 0 Å². The van der Waals surface area contributed by atoms with Crippen molar-refractivity contribution in [2.75, 3.05) is 13.6 Å². The first kappa shape index (κ1) is 12.8. The van der Waals surface area contributed by atoms with Crippen molar-refractivity contribution in [3.63, 3.8) is 0 Å². The first-order valence-electron chi connectivity index (χ1n) is 5.36. The zero-order valence-electron chi connectivity index (χ0n) is 9.90. The average Bonchev–Trinajstić information content (AvgIpc) is 2.21. The molecule has 0 spiro atoms. The lowest BCUT2D eigenvalue weighted by atomic mass is 10.1. The molecule has 0 bridgehead atoms. The van der Waals surface area contributed by atoms with Gasteiger partial charge in [-0.2, -0.15) is 0 Å².